The van der Waals surface area contributed by atoms with Crippen molar-refractivity contribution in [2.24, 2.45) is 0 Å². The van der Waals surface area contributed by atoms with E-state index in [0.29, 0.717) is 23.9 Å². The molecular weight excluding hydrogens is 303 g/mol. The number of aromatic nitrogens is 2. The molecule has 0 saturated carbocycles. The fraction of sp³-hybridized carbons (Fsp3) is 0.158. The Kier molecular flexibility index (Phi) is 4.70. The van der Waals surface area contributed by atoms with Gasteiger partial charge in [0.05, 0.1) is 0 Å². The lowest BCUT2D eigenvalue weighted by Gasteiger charge is -2.10. The van der Waals surface area contributed by atoms with E-state index in [9.17, 15) is 4.39 Å². The summed E-state index contributed by atoms with van der Waals surface area (Å²) in [6.45, 7) is 4.50. The first kappa shape index (κ1) is 15.9. The van der Waals surface area contributed by atoms with E-state index in [0.717, 1.165) is 5.69 Å². The zero-order chi connectivity index (χ0) is 16.9. The average Bonchev–Trinajstić information content (AvgIpc) is 2.58. The second-order valence-corrected chi connectivity index (χ2v) is 5.63. The van der Waals surface area contributed by atoms with Gasteiger partial charge in [0.25, 0.3) is 0 Å². The Morgan fingerprint density at radius 1 is 1.00 bits per heavy atom. The zero-order valence-electron chi connectivity index (χ0n) is 13.7. The van der Waals surface area contributed by atoms with Gasteiger partial charge in [-0.3, -0.25) is 0 Å². The van der Waals surface area contributed by atoms with Gasteiger partial charge in [-0.2, -0.15) is 4.98 Å². The van der Waals surface area contributed by atoms with E-state index in [1.54, 1.807) is 24.4 Å². The van der Waals surface area contributed by atoms with Crippen molar-refractivity contribution < 1.29 is 4.39 Å². The number of hydrogen-bond donors (Lipinski definition) is 2. The number of nitrogens with one attached hydrogen (secondary N) is 2. The molecule has 0 aliphatic heterocycles. The highest BCUT2D eigenvalue weighted by molar-refractivity contribution is 5.56. The maximum atomic E-state index is 13.6. The van der Waals surface area contributed by atoms with E-state index in [2.05, 4.69) is 46.6 Å². The molecule has 0 saturated heterocycles. The summed E-state index contributed by atoms with van der Waals surface area (Å²) in [6.07, 6.45) is 1.67. The highest BCUT2D eigenvalue weighted by atomic mass is 19.1. The van der Waals surface area contributed by atoms with E-state index in [-0.39, 0.29) is 5.82 Å². The molecule has 0 bridgehead atoms. The van der Waals surface area contributed by atoms with E-state index in [4.69, 9.17) is 0 Å². The van der Waals surface area contributed by atoms with Crippen LogP contribution in [0.5, 0.6) is 0 Å². The van der Waals surface area contributed by atoms with Gasteiger partial charge >= 0.3 is 0 Å². The summed E-state index contributed by atoms with van der Waals surface area (Å²) in [5, 5.41) is 6.30. The van der Waals surface area contributed by atoms with Crippen molar-refractivity contribution in [3.05, 3.63) is 77.2 Å². The van der Waals surface area contributed by atoms with Crippen LogP contribution in [0.4, 0.5) is 21.8 Å². The third kappa shape index (κ3) is 3.87. The Balaban J connectivity index is 1.69. The second-order valence-electron chi connectivity index (χ2n) is 5.63. The second kappa shape index (κ2) is 7.08. The normalized spacial score (nSPS) is 10.5. The lowest BCUT2D eigenvalue weighted by atomic mass is 10.1. The smallest absolute Gasteiger partial charge is 0.229 e. The molecule has 122 valence electrons. The lowest BCUT2D eigenvalue weighted by molar-refractivity contribution is 0.613. The average molecular weight is 322 g/mol. The Bertz CT molecular complexity index is 848. The number of aryl methyl sites for hydroxylation is 2. The van der Waals surface area contributed by atoms with Crippen molar-refractivity contribution >= 4 is 17.5 Å². The molecule has 2 aromatic carbocycles. The van der Waals surface area contributed by atoms with Crippen LogP contribution in [0.25, 0.3) is 0 Å². The molecule has 0 fully saturated rings. The van der Waals surface area contributed by atoms with Crippen molar-refractivity contribution in [3.8, 4) is 0 Å². The van der Waals surface area contributed by atoms with Crippen LogP contribution < -0.4 is 10.6 Å². The molecule has 3 aromatic rings. The minimum Gasteiger partial charge on any atom is -0.366 e. The van der Waals surface area contributed by atoms with Crippen molar-refractivity contribution in [2.45, 2.75) is 20.4 Å². The maximum absolute atomic E-state index is 13.6. The minimum atomic E-state index is -0.229. The molecule has 1 aromatic heterocycles. The summed E-state index contributed by atoms with van der Waals surface area (Å²) in [4.78, 5) is 8.63. The molecule has 5 heteroatoms. The first-order valence-electron chi connectivity index (χ1n) is 7.76. The van der Waals surface area contributed by atoms with Crippen LogP contribution in [-0.2, 0) is 6.54 Å². The van der Waals surface area contributed by atoms with Crippen molar-refractivity contribution in [1.29, 1.82) is 0 Å². The van der Waals surface area contributed by atoms with Gasteiger partial charge in [0.15, 0.2) is 0 Å². The monoisotopic (exact) mass is 322 g/mol. The van der Waals surface area contributed by atoms with Crippen molar-refractivity contribution in [3.63, 3.8) is 0 Å². The highest BCUT2D eigenvalue weighted by Gasteiger charge is 2.04. The van der Waals surface area contributed by atoms with Gasteiger partial charge in [-0.1, -0.05) is 24.3 Å². The van der Waals surface area contributed by atoms with Crippen LogP contribution in [-0.4, -0.2) is 9.97 Å². The molecule has 0 spiro atoms. The molecule has 1 heterocycles. The molecule has 4 nitrogen and oxygen atoms in total. The Labute approximate surface area is 140 Å². The van der Waals surface area contributed by atoms with Crippen molar-refractivity contribution in [1.82, 2.24) is 9.97 Å². The van der Waals surface area contributed by atoms with Crippen LogP contribution in [0, 0.1) is 19.7 Å². The van der Waals surface area contributed by atoms with Gasteiger partial charge in [0.2, 0.25) is 5.95 Å². The summed E-state index contributed by atoms with van der Waals surface area (Å²) in [5.74, 6) is 0.906. The van der Waals surface area contributed by atoms with Gasteiger partial charge in [0.1, 0.15) is 11.6 Å². The molecule has 0 atom stereocenters. The molecular formula is C19H19FN4. The number of benzene rings is 2. The quantitative estimate of drug-likeness (QED) is 0.721. The van der Waals surface area contributed by atoms with Gasteiger partial charge in [-0.25, -0.2) is 9.37 Å². The van der Waals surface area contributed by atoms with E-state index < -0.39 is 0 Å². The largest absolute Gasteiger partial charge is 0.366 e. The minimum absolute atomic E-state index is 0.229. The highest BCUT2D eigenvalue weighted by Crippen LogP contribution is 2.18. The van der Waals surface area contributed by atoms with Gasteiger partial charge < -0.3 is 10.6 Å². The number of rotatable bonds is 5. The summed E-state index contributed by atoms with van der Waals surface area (Å²) in [5.41, 5.74) is 3.97. The first-order valence-corrected chi connectivity index (χ1v) is 7.76. The molecule has 2 N–H and O–H groups in total. The van der Waals surface area contributed by atoms with Crippen molar-refractivity contribution in [2.75, 3.05) is 10.6 Å². The predicted molar refractivity (Wildman–Crippen MR) is 95.0 cm³/mol. The van der Waals surface area contributed by atoms with Gasteiger partial charge in [-0.05, 0) is 49.2 Å². The van der Waals surface area contributed by atoms with E-state index in [1.165, 1.54) is 17.2 Å². The lowest BCUT2D eigenvalue weighted by Crippen LogP contribution is -2.05. The van der Waals surface area contributed by atoms with Gasteiger partial charge in [-0.15, -0.1) is 0 Å². The molecule has 0 unspecified atom stereocenters. The third-order valence-electron chi connectivity index (χ3n) is 3.84. The maximum Gasteiger partial charge on any atom is 0.229 e. The SMILES string of the molecule is Cc1ccc(Nc2nccc(NCc3ccccc3F)n2)cc1C. The number of nitrogens with zero attached hydrogens (tertiary/aromatic N) is 2. The zero-order valence-corrected chi connectivity index (χ0v) is 13.7. The topological polar surface area (TPSA) is 49.8 Å². The third-order valence-corrected chi connectivity index (χ3v) is 3.84. The fourth-order valence-corrected chi connectivity index (χ4v) is 2.29. The predicted octanol–water partition coefficient (Wildman–Crippen LogP) is 4.59. The van der Waals surface area contributed by atoms with Crippen LogP contribution in [0.15, 0.2) is 54.7 Å². The fourth-order valence-electron chi connectivity index (χ4n) is 2.29. The van der Waals surface area contributed by atoms with E-state index in [1.807, 2.05) is 12.1 Å². The molecule has 0 radical (unpaired) electrons. The summed E-state index contributed by atoms with van der Waals surface area (Å²) in [6, 6.07) is 14.5. The molecule has 0 aliphatic carbocycles. The number of halogens is 1. The van der Waals surface area contributed by atoms with E-state index >= 15 is 0 Å². The first-order chi connectivity index (χ1) is 11.6. The van der Waals surface area contributed by atoms with Crippen LogP contribution in [0.1, 0.15) is 16.7 Å². The number of anilines is 3. The van der Waals surface area contributed by atoms with Crippen LogP contribution >= 0.6 is 0 Å². The Morgan fingerprint density at radius 3 is 2.62 bits per heavy atom. The molecule has 0 aliphatic rings. The van der Waals surface area contributed by atoms with Gasteiger partial charge in [0, 0.05) is 24.0 Å². The standard InChI is InChI=1S/C19H19FN4/c1-13-7-8-16(11-14(13)2)23-19-21-10-9-18(24-19)22-12-15-5-3-4-6-17(15)20/h3-11H,12H2,1-2H3,(H2,21,22,23,24). The summed E-state index contributed by atoms with van der Waals surface area (Å²) >= 11 is 0. The van der Waals surface area contributed by atoms with Crippen LogP contribution in [0.3, 0.4) is 0 Å². The number of hydrogen-bond acceptors (Lipinski definition) is 4. The summed E-state index contributed by atoms with van der Waals surface area (Å²) in [7, 11) is 0. The Morgan fingerprint density at radius 2 is 1.83 bits per heavy atom. The summed E-state index contributed by atoms with van der Waals surface area (Å²) < 4.78 is 13.6. The van der Waals surface area contributed by atoms with Crippen LogP contribution in [0.2, 0.25) is 0 Å². The Hall–Kier alpha value is -2.95. The molecule has 3 rings (SSSR count). The molecule has 24 heavy (non-hydrogen) atoms. The molecule has 0 amide bonds.